The van der Waals surface area contributed by atoms with Crippen molar-refractivity contribution in [1.82, 2.24) is 5.32 Å². The van der Waals surface area contributed by atoms with E-state index in [-0.39, 0.29) is 11.6 Å². The maximum atomic E-state index is 12.3. The number of nitro benzene ring substituents is 1. The first-order valence-corrected chi connectivity index (χ1v) is 10.4. The number of nitrogens with zero attached hydrogens (tertiary/aromatic N) is 2. The predicted octanol–water partition coefficient (Wildman–Crippen LogP) is 4.44. The second-order valence-corrected chi connectivity index (χ2v) is 7.87. The average molecular weight is 415 g/mol. The van der Waals surface area contributed by atoms with Gasteiger partial charge in [-0.15, -0.1) is 0 Å². The van der Waals surface area contributed by atoms with E-state index in [1.165, 1.54) is 28.9 Å². The van der Waals surface area contributed by atoms with Gasteiger partial charge in [0.1, 0.15) is 0 Å². The highest BCUT2D eigenvalue weighted by atomic mass is 16.6. The third kappa shape index (κ3) is 4.74. The summed E-state index contributed by atoms with van der Waals surface area (Å²) in [7, 11) is 0. The van der Waals surface area contributed by atoms with E-state index < -0.39 is 4.92 Å². The Hall–Kier alpha value is -3.67. The zero-order valence-corrected chi connectivity index (χ0v) is 17.5. The van der Waals surface area contributed by atoms with Crippen molar-refractivity contribution < 1.29 is 9.72 Å². The summed E-state index contributed by atoms with van der Waals surface area (Å²) in [5.41, 5.74) is 6.13. The number of nitrogens with one attached hydrogen (secondary N) is 1. The van der Waals surface area contributed by atoms with Crippen LogP contribution in [0.15, 0.2) is 66.7 Å². The minimum absolute atomic E-state index is 0.0221. The number of nitro groups is 1. The Morgan fingerprint density at radius 2 is 1.81 bits per heavy atom. The molecule has 3 aromatic carbocycles. The molecule has 1 aliphatic rings. The van der Waals surface area contributed by atoms with Crippen LogP contribution in [0.1, 0.15) is 32.6 Å². The molecule has 4 rings (SSSR count). The summed E-state index contributed by atoms with van der Waals surface area (Å²) in [5, 5.41) is 13.8. The van der Waals surface area contributed by atoms with E-state index in [9.17, 15) is 14.9 Å². The summed E-state index contributed by atoms with van der Waals surface area (Å²) in [4.78, 5) is 25.2. The number of anilines is 1. The fourth-order valence-corrected chi connectivity index (χ4v) is 4.01. The van der Waals surface area contributed by atoms with Gasteiger partial charge in [-0.1, -0.05) is 36.4 Å². The van der Waals surface area contributed by atoms with E-state index in [4.69, 9.17) is 0 Å². The van der Waals surface area contributed by atoms with E-state index in [1.54, 1.807) is 13.0 Å². The van der Waals surface area contributed by atoms with Crippen molar-refractivity contribution in [1.29, 1.82) is 0 Å². The first-order valence-electron chi connectivity index (χ1n) is 10.4. The van der Waals surface area contributed by atoms with Crippen molar-refractivity contribution >= 4 is 17.3 Å². The highest BCUT2D eigenvalue weighted by Crippen LogP contribution is 2.24. The molecule has 0 aliphatic carbocycles. The largest absolute Gasteiger partial charge is 0.367 e. The molecule has 6 nitrogen and oxygen atoms in total. The summed E-state index contributed by atoms with van der Waals surface area (Å²) in [5.74, 6) is -0.221. The molecule has 158 valence electrons. The summed E-state index contributed by atoms with van der Waals surface area (Å²) in [6.07, 6.45) is 1.78. The highest BCUT2D eigenvalue weighted by Gasteiger charge is 2.16. The molecule has 1 amide bonds. The number of hydrogen-bond donors (Lipinski definition) is 1. The lowest BCUT2D eigenvalue weighted by atomic mass is 9.99. The van der Waals surface area contributed by atoms with Crippen LogP contribution in [0.2, 0.25) is 0 Å². The number of aryl methyl sites for hydroxylation is 1. The summed E-state index contributed by atoms with van der Waals surface area (Å²) in [6, 6.07) is 21.5. The Balaban J connectivity index is 1.30. The van der Waals surface area contributed by atoms with E-state index in [0.29, 0.717) is 17.7 Å². The van der Waals surface area contributed by atoms with Crippen LogP contribution in [0.5, 0.6) is 0 Å². The number of carbonyl (C=O) groups is 1. The van der Waals surface area contributed by atoms with E-state index in [1.807, 2.05) is 0 Å². The van der Waals surface area contributed by atoms with Crippen LogP contribution >= 0.6 is 0 Å². The summed E-state index contributed by atoms with van der Waals surface area (Å²) in [6.45, 7) is 4.09. The van der Waals surface area contributed by atoms with Gasteiger partial charge in [-0.05, 0) is 60.7 Å². The molecule has 0 radical (unpaired) electrons. The Kier molecular flexibility index (Phi) is 5.98. The Bertz CT molecular complexity index is 1110. The minimum Gasteiger partial charge on any atom is -0.367 e. The average Bonchev–Trinajstić information content (AvgIpc) is 2.79. The zero-order chi connectivity index (χ0) is 21.8. The van der Waals surface area contributed by atoms with Crippen LogP contribution in [0.4, 0.5) is 11.4 Å². The van der Waals surface area contributed by atoms with Gasteiger partial charge in [0.05, 0.1) is 4.92 Å². The first kappa shape index (κ1) is 20.6. The van der Waals surface area contributed by atoms with Crippen LogP contribution in [0.3, 0.4) is 0 Å². The van der Waals surface area contributed by atoms with Gasteiger partial charge in [0, 0.05) is 42.5 Å². The van der Waals surface area contributed by atoms with E-state index in [0.717, 1.165) is 31.5 Å². The van der Waals surface area contributed by atoms with Crippen molar-refractivity contribution in [2.75, 3.05) is 18.0 Å². The fraction of sp³-hybridized carbons (Fsp3) is 0.240. The molecule has 0 fully saturated rings. The molecule has 0 unspecified atom stereocenters. The Morgan fingerprint density at radius 3 is 2.52 bits per heavy atom. The van der Waals surface area contributed by atoms with Gasteiger partial charge in [0.25, 0.3) is 11.6 Å². The minimum atomic E-state index is -0.441. The standard InChI is InChI=1S/C25H25N3O3/c1-18-16-21(8-11-24(18)28(30)31)25(29)26-14-12-19-6-9-23(10-7-19)27-15-13-20-4-2-3-5-22(20)17-27/h2-11,16H,12-15,17H2,1H3,(H,26,29). The lowest BCUT2D eigenvalue weighted by molar-refractivity contribution is -0.385. The third-order valence-electron chi connectivity index (χ3n) is 5.79. The first-order chi connectivity index (χ1) is 15.0. The molecule has 0 bridgehead atoms. The second-order valence-electron chi connectivity index (χ2n) is 7.87. The van der Waals surface area contributed by atoms with Gasteiger partial charge in [0.2, 0.25) is 0 Å². The molecule has 0 saturated carbocycles. The van der Waals surface area contributed by atoms with Crippen molar-refractivity contribution in [3.63, 3.8) is 0 Å². The van der Waals surface area contributed by atoms with Crippen LogP contribution in [0.25, 0.3) is 0 Å². The van der Waals surface area contributed by atoms with Crippen LogP contribution in [-0.2, 0) is 19.4 Å². The van der Waals surface area contributed by atoms with Gasteiger partial charge in [0.15, 0.2) is 0 Å². The zero-order valence-electron chi connectivity index (χ0n) is 17.5. The number of hydrogen-bond acceptors (Lipinski definition) is 4. The summed E-state index contributed by atoms with van der Waals surface area (Å²) < 4.78 is 0. The number of amides is 1. The highest BCUT2D eigenvalue weighted by molar-refractivity contribution is 5.94. The molecule has 0 saturated heterocycles. The molecule has 1 aliphatic heterocycles. The van der Waals surface area contributed by atoms with Crippen LogP contribution in [-0.4, -0.2) is 23.9 Å². The quantitative estimate of drug-likeness (QED) is 0.477. The molecule has 0 spiro atoms. The summed E-state index contributed by atoms with van der Waals surface area (Å²) >= 11 is 0. The lowest BCUT2D eigenvalue weighted by Gasteiger charge is -2.30. The molecule has 31 heavy (non-hydrogen) atoms. The Labute approximate surface area is 181 Å². The Morgan fingerprint density at radius 1 is 1.06 bits per heavy atom. The van der Waals surface area contributed by atoms with Gasteiger partial charge < -0.3 is 10.2 Å². The lowest BCUT2D eigenvalue weighted by Crippen LogP contribution is -2.30. The maximum absolute atomic E-state index is 12.3. The SMILES string of the molecule is Cc1cc(C(=O)NCCc2ccc(N3CCc4ccccc4C3)cc2)ccc1[N+](=O)[O-]. The van der Waals surface area contributed by atoms with Crippen molar-refractivity contribution in [3.05, 3.63) is 105 Å². The molecule has 3 aromatic rings. The van der Waals surface area contributed by atoms with Crippen LogP contribution in [0, 0.1) is 17.0 Å². The number of benzene rings is 3. The molecular weight excluding hydrogens is 390 g/mol. The molecule has 6 heteroatoms. The van der Waals surface area contributed by atoms with Crippen LogP contribution < -0.4 is 10.2 Å². The van der Waals surface area contributed by atoms with E-state index >= 15 is 0 Å². The molecule has 1 N–H and O–H groups in total. The maximum Gasteiger partial charge on any atom is 0.272 e. The monoisotopic (exact) mass is 415 g/mol. The number of rotatable bonds is 6. The number of fused-ring (bicyclic) bond motifs is 1. The molecular formula is C25H25N3O3. The van der Waals surface area contributed by atoms with Gasteiger partial charge in [-0.2, -0.15) is 0 Å². The van der Waals surface area contributed by atoms with Crippen molar-refractivity contribution in [2.45, 2.75) is 26.3 Å². The topological polar surface area (TPSA) is 75.5 Å². The van der Waals surface area contributed by atoms with Crippen molar-refractivity contribution in [2.24, 2.45) is 0 Å². The van der Waals surface area contributed by atoms with Gasteiger partial charge in [-0.3, -0.25) is 14.9 Å². The normalized spacial score (nSPS) is 12.9. The number of carbonyl (C=O) groups excluding carboxylic acids is 1. The fourth-order valence-electron chi connectivity index (χ4n) is 4.01. The third-order valence-corrected chi connectivity index (χ3v) is 5.79. The predicted molar refractivity (Wildman–Crippen MR) is 122 cm³/mol. The molecule has 0 aromatic heterocycles. The second kappa shape index (κ2) is 9.00. The smallest absolute Gasteiger partial charge is 0.272 e. The van der Waals surface area contributed by atoms with Gasteiger partial charge >= 0.3 is 0 Å². The van der Waals surface area contributed by atoms with Crippen molar-refractivity contribution in [3.8, 4) is 0 Å². The van der Waals surface area contributed by atoms with E-state index in [2.05, 4.69) is 58.7 Å². The molecule has 1 heterocycles. The molecule has 0 atom stereocenters. The van der Waals surface area contributed by atoms with Gasteiger partial charge in [-0.25, -0.2) is 0 Å².